The van der Waals surface area contributed by atoms with Crippen molar-refractivity contribution in [2.75, 3.05) is 36.8 Å². The number of fused-ring (bicyclic) bond motifs is 1. The smallest absolute Gasteiger partial charge is 0.294 e. The summed E-state index contributed by atoms with van der Waals surface area (Å²) < 4.78 is 0.463. The molecule has 0 bridgehead atoms. The number of carbonyl (C=O) groups is 3. The van der Waals surface area contributed by atoms with E-state index in [0.29, 0.717) is 49.2 Å². The summed E-state index contributed by atoms with van der Waals surface area (Å²) in [6.45, 7) is 2.12. The Hall–Kier alpha value is -3.47. The molecule has 3 amide bonds. The third kappa shape index (κ3) is 5.38. The Labute approximate surface area is 229 Å². The van der Waals surface area contributed by atoms with Gasteiger partial charge in [-0.05, 0) is 49.8 Å². The predicted molar refractivity (Wildman–Crippen MR) is 146 cm³/mol. The van der Waals surface area contributed by atoms with Crippen LogP contribution in [0.4, 0.5) is 17.1 Å². The third-order valence-corrected chi connectivity index (χ3v) is 7.99. The molecular weight excluding hydrogens is 554 g/mol. The zero-order valence-electron chi connectivity index (χ0n) is 21.0. The Bertz CT molecular complexity index is 1280. The number of likely N-dealkylation sites (tertiary alicyclic amines) is 2. The lowest BCUT2D eigenvalue weighted by Gasteiger charge is -2.37. The minimum Gasteiger partial charge on any atom is -0.374 e. The topological polar surface area (TPSA) is 125 Å². The molecule has 2 saturated heterocycles. The second-order valence-corrected chi connectivity index (χ2v) is 11.0. The van der Waals surface area contributed by atoms with Crippen molar-refractivity contribution in [3.05, 3.63) is 62.1 Å². The number of rotatable bonds is 5. The quantitative estimate of drug-likeness (QED) is 0.394. The van der Waals surface area contributed by atoms with Crippen molar-refractivity contribution < 1.29 is 19.3 Å². The van der Waals surface area contributed by atoms with E-state index in [2.05, 4.69) is 26.6 Å². The number of amides is 3. The van der Waals surface area contributed by atoms with E-state index in [4.69, 9.17) is 0 Å². The van der Waals surface area contributed by atoms with E-state index >= 15 is 0 Å². The van der Waals surface area contributed by atoms with E-state index in [9.17, 15) is 24.5 Å². The normalized spacial score (nSPS) is 21.3. The SMILES string of the molecule is O=C1CC(C(=O)N2CCC[C@@H](Nc3c(C(=O)N4CCCCC4)cc(Br)cc3[N+](=O)[O-])C2)c2ccccc2N1. The zero-order chi connectivity index (χ0) is 26.8. The van der Waals surface area contributed by atoms with Gasteiger partial charge in [0, 0.05) is 54.9 Å². The number of hydrogen-bond donors (Lipinski definition) is 2. The average molecular weight is 584 g/mol. The zero-order valence-corrected chi connectivity index (χ0v) is 22.5. The lowest BCUT2D eigenvalue weighted by Crippen LogP contribution is -2.48. The molecule has 38 heavy (non-hydrogen) atoms. The van der Waals surface area contributed by atoms with E-state index in [1.54, 1.807) is 21.9 Å². The van der Waals surface area contributed by atoms with Crippen LogP contribution in [0.1, 0.15) is 60.4 Å². The van der Waals surface area contributed by atoms with Crippen LogP contribution in [0.5, 0.6) is 0 Å². The Morgan fingerprint density at radius 1 is 1.05 bits per heavy atom. The molecule has 2 N–H and O–H groups in total. The largest absolute Gasteiger partial charge is 0.374 e. The summed E-state index contributed by atoms with van der Waals surface area (Å²) in [5.41, 5.74) is 1.72. The van der Waals surface area contributed by atoms with Crippen molar-refractivity contribution in [1.29, 1.82) is 0 Å². The molecule has 2 aromatic carbocycles. The standard InChI is InChI=1S/C27H30BrN5O5/c28-17-13-21(27(36)31-10-4-1-5-11-31)25(23(14-17)33(37)38)29-18-7-6-12-32(16-18)26(35)20-15-24(34)30-22-9-3-2-8-19(20)22/h2-3,8-9,13-14,18,20,29H,1,4-7,10-12,15-16H2,(H,30,34)/t18-,20?/m1/s1. The number of para-hydroxylation sites is 1. The molecule has 0 aromatic heterocycles. The first-order valence-electron chi connectivity index (χ1n) is 13.0. The average Bonchev–Trinajstić information content (AvgIpc) is 2.93. The Kier molecular flexibility index (Phi) is 7.64. The van der Waals surface area contributed by atoms with E-state index in [0.717, 1.165) is 24.8 Å². The number of nitrogens with one attached hydrogen (secondary N) is 2. The molecule has 5 rings (SSSR count). The second-order valence-electron chi connectivity index (χ2n) is 10.1. The minimum absolute atomic E-state index is 0.0805. The predicted octanol–water partition coefficient (Wildman–Crippen LogP) is 4.51. The van der Waals surface area contributed by atoms with E-state index in [1.807, 2.05) is 18.2 Å². The summed E-state index contributed by atoms with van der Waals surface area (Å²) in [5, 5.41) is 18.1. The highest BCUT2D eigenvalue weighted by Gasteiger charge is 2.36. The van der Waals surface area contributed by atoms with Gasteiger partial charge in [0.05, 0.1) is 16.4 Å². The van der Waals surface area contributed by atoms with Crippen LogP contribution in [-0.4, -0.2) is 64.7 Å². The van der Waals surface area contributed by atoms with E-state index < -0.39 is 10.8 Å². The number of nitro benzene ring substituents is 1. The maximum Gasteiger partial charge on any atom is 0.294 e. The summed E-state index contributed by atoms with van der Waals surface area (Å²) in [5.74, 6) is -1.13. The number of hydrogen-bond acceptors (Lipinski definition) is 6. The molecule has 3 aliphatic heterocycles. The molecule has 2 aromatic rings. The van der Waals surface area contributed by atoms with Crippen molar-refractivity contribution in [2.24, 2.45) is 0 Å². The van der Waals surface area contributed by atoms with Gasteiger partial charge in [0.1, 0.15) is 5.69 Å². The van der Waals surface area contributed by atoms with Gasteiger partial charge >= 0.3 is 0 Å². The highest BCUT2D eigenvalue weighted by atomic mass is 79.9. The molecule has 200 valence electrons. The van der Waals surface area contributed by atoms with Crippen molar-refractivity contribution in [2.45, 2.75) is 50.5 Å². The first-order valence-corrected chi connectivity index (χ1v) is 13.8. The van der Waals surface area contributed by atoms with Gasteiger partial charge in [0.2, 0.25) is 11.8 Å². The van der Waals surface area contributed by atoms with Gasteiger partial charge in [-0.25, -0.2) is 0 Å². The molecule has 2 fully saturated rings. The van der Waals surface area contributed by atoms with E-state index in [-0.39, 0.29) is 47.1 Å². The maximum atomic E-state index is 13.6. The lowest BCUT2D eigenvalue weighted by atomic mass is 9.88. The van der Waals surface area contributed by atoms with Gasteiger partial charge in [-0.2, -0.15) is 0 Å². The van der Waals surface area contributed by atoms with Crippen LogP contribution >= 0.6 is 15.9 Å². The highest BCUT2D eigenvalue weighted by Crippen LogP contribution is 2.37. The number of anilines is 2. The number of nitrogens with zero attached hydrogens (tertiary/aromatic N) is 3. The molecule has 3 heterocycles. The summed E-state index contributed by atoms with van der Waals surface area (Å²) in [6.07, 6.45) is 4.35. The molecule has 3 aliphatic rings. The number of nitro groups is 1. The number of carbonyl (C=O) groups excluding carboxylic acids is 3. The van der Waals surface area contributed by atoms with Crippen molar-refractivity contribution in [3.63, 3.8) is 0 Å². The van der Waals surface area contributed by atoms with Crippen molar-refractivity contribution >= 4 is 50.7 Å². The highest BCUT2D eigenvalue weighted by molar-refractivity contribution is 9.10. The van der Waals surface area contributed by atoms with Crippen LogP contribution in [-0.2, 0) is 9.59 Å². The summed E-state index contributed by atoms with van der Waals surface area (Å²) in [6, 6.07) is 10.1. The number of piperidine rings is 2. The number of benzene rings is 2. The van der Waals surface area contributed by atoms with Crippen LogP contribution in [0.3, 0.4) is 0 Å². The number of halogens is 1. The van der Waals surface area contributed by atoms with E-state index in [1.165, 1.54) is 6.07 Å². The Balaban J connectivity index is 1.39. The summed E-state index contributed by atoms with van der Waals surface area (Å²) in [7, 11) is 0. The van der Waals surface area contributed by atoms with Gasteiger partial charge in [0.15, 0.2) is 0 Å². The van der Waals surface area contributed by atoms with Crippen LogP contribution in [0.15, 0.2) is 40.9 Å². The molecule has 0 aliphatic carbocycles. The van der Waals surface area contributed by atoms with Crippen LogP contribution in [0.2, 0.25) is 0 Å². The minimum atomic E-state index is -0.572. The van der Waals surface area contributed by atoms with Crippen molar-refractivity contribution in [3.8, 4) is 0 Å². The monoisotopic (exact) mass is 583 g/mol. The van der Waals surface area contributed by atoms with Crippen molar-refractivity contribution in [1.82, 2.24) is 9.80 Å². The van der Waals surface area contributed by atoms with Crippen LogP contribution in [0.25, 0.3) is 0 Å². The van der Waals surface area contributed by atoms with Gasteiger partial charge in [-0.15, -0.1) is 0 Å². The molecule has 2 atom stereocenters. The first-order chi connectivity index (χ1) is 18.3. The van der Waals surface area contributed by atoms with Gasteiger partial charge in [0.25, 0.3) is 11.6 Å². The molecule has 0 radical (unpaired) electrons. The maximum absolute atomic E-state index is 13.6. The van der Waals surface area contributed by atoms with Gasteiger partial charge < -0.3 is 20.4 Å². The molecule has 10 nitrogen and oxygen atoms in total. The molecule has 0 spiro atoms. The van der Waals surface area contributed by atoms with Crippen LogP contribution in [0, 0.1) is 10.1 Å². The third-order valence-electron chi connectivity index (χ3n) is 7.53. The molecule has 1 unspecified atom stereocenters. The molecular formula is C27H30BrN5O5. The van der Waals surface area contributed by atoms with Gasteiger partial charge in [-0.3, -0.25) is 24.5 Å². The second kappa shape index (κ2) is 11.1. The fraction of sp³-hybridized carbons (Fsp3) is 0.444. The summed E-state index contributed by atoms with van der Waals surface area (Å²) in [4.78, 5) is 54.4. The molecule has 0 saturated carbocycles. The fourth-order valence-corrected chi connectivity index (χ4v) is 6.12. The molecule has 11 heteroatoms. The van der Waals surface area contributed by atoms with Crippen LogP contribution < -0.4 is 10.6 Å². The van der Waals surface area contributed by atoms with Gasteiger partial charge in [-0.1, -0.05) is 34.1 Å². The fourth-order valence-electron chi connectivity index (χ4n) is 5.68. The first kappa shape index (κ1) is 26.1. The lowest BCUT2D eigenvalue weighted by molar-refractivity contribution is -0.384. The Morgan fingerprint density at radius 2 is 1.79 bits per heavy atom. The summed E-state index contributed by atoms with van der Waals surface area (Å²) >= 11 is 3.34. The Morgan fingerprint density at radius 3 is 2.55 bits per heavy atom.